The highest BCUT2D eigenvalue weighted by Crippen LogP contribution is 2.28. The molecule has 0 aromatic carbocycles. The first-order valence-electron chi connectivity index (χ1n) is 6.96. The van der Waals surface area contributed by atoms with Crippen LogP contribution in [0.5, 0.6) is 0 Å². The molecule has 20 heavy (non-hydrogen) atoms. The number of aromatic nitrogens is 2. The fourth-order valence-corrected chi connectivity index (χ4v) is 1.92. The van der Waals surface area contributed by atoms with Crippen molar-refractivity contribution in [2.24, 2.45) is 0 Å². The Bertz CT molecular complexity index is 508. The maximum absolute atomic E-state index is 8.82. The number of anilines is 2. The van der Waals surface area contributed by atoms with E-state index in [1.165, 1.54) is 0 Å². The van der Waals surface area contributed by atoms with E-state index < -0.39 is 0 Å². The number of rotatable bonds is 4. The van der Waals surface area contributed by atoms with E-state index in [9.17, 15) is 0 Å². The first kappa shape index (κ1) is 16.2. The summed E-state index contributed by atoms with van der Waals surface area (Å²) < 4.78 is 0. The second kappa shape index (κ2) is 6.08. The summed E-state index contributed by atoms with van der Waals surface area (Å²) in [6, 6.07) is 2.44. The smallest absolute Gasteiger partial charge is 0.138 e. The van der Waals surface area contributed by atoms with Gasteiger partial charge in [-0.2, -0.15) is 5.26 Å². The monoisotopic (exact) mass is 275 g/mol. The Labute approximate surface area is 121 Å². The lowest BCUT2D eigenvalue weighted by Gasteiger charge is -2.30. The number of nitrogen functional groups attached to an aromatic ring is 1. The fraction of sp³-hybridized carbons (Fsp3) is 0.667. The minimum Gasteiger partial charge on any atom is -0.383 e. The molecule has 1 aromatic heterocycles. The van der Waals surface area contributed by atoms with Crippen LogP contribution in [0, 0.1) is 18.3 Å². The number of hydrogen-bond donors (Lipinski definition) is 1. The van der Waals surface area contributed by atoms with Crippen molar-refractivity contribution in [1.29, 1.82) is 5.26 Å². The van der Waals surface area contributed by atoms with Crippen molar-refractivity contribution in [2.45, 2.75) is 59.4 Å². The lowest BCUT2D eigenvalue weighted by molar-refractivity contribution is 0.542. The van der Waals surface area contributed by atoms with Gasteiger partial charge in [0.15, 0.2) is 0 Å². The summed E-state index contributed by atoms with van der Waals surface area (Å²) in [6.07, 6.45) is 0.465. The predicted octanol–water partition coefficient (Wildman–Crippen LogP) is 2.79. The van der Waals surface area contributed by atoms with Crippen molar-refractivity contribution in [3.63, 3.8) is 0 Å². The van der Waals surface area contributed by atoms with Crippen LogP contribution in [0.15, 0.2) is 0 Å². The van der Waals surface area contributed by atoms with Gasteiger partial charge in [0.25, 0.3) is 0 Å². The zero-order valence-corrected chi connectivity index (χ0v) is 13.4. The molecule has 0 saturated carbocycles. The zero-order chi connectivity index (χ0) is 15.5. The van der Waals surface area contributed by atoms with Crippen LogP contribution in [0.25, 0.3) is 0 Å². The Balaban J connectivity index is 3.33. The van der Waals surface area contributed by atoms with Crippen LogP contribution in [0.4, 0.5) is 11.6 Å². The van der Waals surface area contributed by atoms with Crippen LogP contribution in [0.2, 0.25) is 0 Å². The van der Waals surface area contributed by atoms with E-state index in [1.54, 1.807) is 0 Å². The second-order valence-electron chi connectivity index (χ2n) is 6.33. The van der Waals surface area contributed by atoms with Gasteiger partial charge in [-0.15, -0.1) is 0 Å². The average molecular weight is 275 g/mol. The van der Waals surface area contributed by atoms with Crippen molar-refractivity contribution in [3.8, 4) is 6.07 Å². The molecular weight excluding hydrogens is 250 g/mol. The van der Waals surface area contributed by atoms with Gasteiger partial charge in [-0.05, 0) is 20.8 Å². The number of hydrogen-bond acceptors (Lipinski definition) is 5. The Morgan fingerprint density at radius 3 is 2.35 bits per heavy atom. The third kappa shape index (κ3) is 3.60. The topological polar surface area (TPSA) is 78.8 Å². The average Bonchev–Trinajstić information content (AvgIpc) is 2.32. The lowest BCUT2D eigenvalue weighted by atomic mass is 9.95. The number of nitrogens with zero attached hydrogens (tertiary/aromatic N) is 4. The molecule has 0 radical (unpaired) electrons. The maximum atomic E-state index is 8.82. The molecule has 5 heteroatoms. The van der Waals surface area contributed by atoms with Crippen molar-refractivity contribution < 1.29 is 0 Å². The SMILES string of the molecule is Cc1c(N)nc(C(C)(C)C)nc1N(CCC#N)C(C)C. The van der Waals surface area contributed by atoms with Crippen LogP contribution in [-0.2, 0) is 5.41 Å². The van der Waals surface area contributed by atoms with Gasteiger partial charge in [0.05, 0.1) is 12.5 Å². The Morgan fingerprint density at radius 2 is 1.90 bits per heavy atom. The maximum Gasteiger partial charge on any atom is 0.138 e. The molecule has 2 N–H and O–H groups in total. The van der Waals surface area contributed by atoms with Gasteiger partial charge in [0.2, 0.25) is 0 Å². The molecule has 0 fully saturated rings. The molecule has 0 atom stereocenters. The molecule has 0 spiro atoms. The molecule has 0 aliphatic heterocycles. The Morgan fingerprint density at radius 1 is 1.30 bits per heavy atom. The molecule has 0 bridgehead atoms. The predicted molar refractivity (Wildman–Crippen MR) is 82.6 cm³/mol. The fourth-order valence-electron chi connectivity index (χ4n) is 1.92. The third-order valence-electron chi connectivity index (χ3n) is 3.19. The molecule has 5 nitrogen and oxygen atoms in total. The number of nitriles is 1. The molecule has 0 aliphatic rings. The van der Waals surface area contributed by atoms with Crippen LogP contribution >= 0.6 is 0 Å². The molecule has 0 aliphatic carbocycles. The largest absolute Gasteiger partial charge is 0.383 e. The standard InChI is InChI=1S/C15H25N5/c1-10(2)20(9-7-8-16)13-11(3)12(17)18-14(19-13)15(4,5)6/h10H,7,9H2,1-6H3,(H2,17,18,19). The van der Waals surface area contributed by atoms with Crippen molar-refractivity contribution in [3.05, 3.63) is 11.4 Å². The molecule has 1 heterocycles. The van der Waals surface area contributed by atoms with Crippen LogP contribution in [-0.4, -0.2) is 22.6 Å². The van der Waals surface area contributed by atoms with Crippen LogP contribution in [0.1, 0.15) is 52.4 Å². The normalized spacial score (nSPS) is 11.5. The summed E-state index contributed by atoms with van der Waals surface area (Å²) in [7, 11) is 0. The molecule has 1 rings (SSSR count). The minimum absolute atomic E-state index is 0.158. The van der Waals surface area contributed by atoms with Gasteiger partial charge >= 0.3 is 0 Å². The van der Waals surface area contributed by atoms with E-state index in [0.29, 0.717) is 18.8 Å². The lowest BCUT2D eigenvalue weighted by Crippen LogP contribution is -2.34. The van der Waals surface area contributed by atoms with Crippen molar-refractivity contribution >= 4 is 11.6 Å². The van der Waals surface area contributed by atoms with E-state index in [1.807, 2.05) is 6.92 Å². The van der Waals surface area contributed by atoms with Crippen molar-refractivity contribution in [1.82, 2.24) is 9.97 Å². The summed E-state index contributed by atoms with van der Waals surface area (Å²) in [5, 5.41) is 8.82. The first-order chi connectivity index (χ1) is 9.18. The summed E-state index contributed by atoms with van der Waals surface area (Å²) in [5.41, 5.74) is 6.76. The molecule has 110 valence electrons. The Hall–Kier alpha value is -1.83. The van der Waals surface area contributed by atoms with Crippen LogP contribution in [0.3, 0.4) is 0 Å². The van der Waals surface area contributed by atoms with Gasteiger partial charge in [-0.1, -0.05) is 20.8 Å². The van der Waals surface area contributed by atoms with Crippen molar-refractivity contribution in [2.75, 3.05) is 17.2 Å². The highest BCUT2D eigenvalue weighted by atomic mass is 15.2. The van der Waals surface area contributed by atoms with Gasteiger partial charge in [-0.3, -0.25) is 0 Å². The summed E-state index contributed by atoms with van der Waals surface area (Å²) >= 11 is 0. The van der Waals surface area contributed by atoms with E-state index in [-0.39, 0.29) is 11.5 Å². The van der Waals surface area contributed by atoms with E-state index in [0.717, 1.165) is 17.2 Å². The van der Waals surface area contributed by atoms with Gasteiger partial charge in [0, 0.05) is 23.6 Å². The molecule has 0 saturated heterocycles. The quantitative estimate of drug-likeness (QED) is 0.914. The third-order valence-corrected chi connectivity index (χ3v) is 3.19. The van der Waals surface area contributed by atoms with Gasteiger partial charge in [0.1, 0.15) is 17.5 Å². The van der Waals surface area contributed by atoms with Gasteiger partial charge < -0.3 is 10.6 Å². The second-order valence-corrected chi connectivity index (χ2v) is 6.33. The zero-order valence-electron chi connectivity index (χ0n) is 13.4. The highest BCUT2D eigenvalue weighted by molar-refractivity contribution is 5.57. The molecule has 0 amide bonds. The van der Waals surface area contributed by atoms with E-state index in [2.05, 4.69) is 50.6 Å². The first-order valence-corrected chi connectivity index (χ1v) is 6.96. The summed E-state index contributed by atoms with van der Waals surface area (Å²) in [6.45, 7) is 13.0. The number of nitrogens with two attached hydrogens (primary N) is 1. The molecule has 0 unspecified atom stereocenters. The molecule has 1 aromatic rings. The van der Waals surface area contributed by atoms with Gasteiger partial charge in [-0.25, -0.2) is 9.97 Å². The Kier molecular flexibility index (Phi) is 4.93. The minimum atomic E-state index is -0.158. The van der Waals surface area contributed by atoms with E-state index in [4.69, 9.17) is 16.0 Å². The van der Waals surface area contributed by atoms with E-state index >= 15 is 0 Å². The summed E-state index contributed by atoms with van der Waals surface area (Å²) in [5.74, 6) is 2.09. The summed E-state index contributed by atoms with van der Waals surface area (Å²) in [4.78, 5) is 11.2. The molecular formula is C15H25N5. The van der Waals surface area contributed by atoms with Crippen LogP contribution < -0.4 is 10.6 Å². The highest BCUT2D eigenvalue weighted by Gasteiger charge is 2.23.